The number of rotatable bonds is 4. The van der Waals surface area contributed by atoms with E-state index in [9.17, 15) is 8.42 Å². The highest BCUT2D eigenvalue weighted by Gasteiger charge is 2.37. The third-order valence-electron chi connectivity index (χ3n) is 2.72. The van der Waals surface area contributed by atoms with Crippen LogP contribution in [0.15, 0.2) is 0 Å². The van der Waals surface area contributed by atoms with Crippen LogP contribution in [0.4, 0.5) is 0 Å². The molecule has 0 amide bonds. The predicted molar refractivity (Wildman–Crippen MR) is 57.4 cm³/mol. The average Bonchev–Trinajstić information content (AvgIpc) is 2.35. The topological polar surface area (TPSA) is 63.4 Å². The number of hydrogen-bond acceptors (Lipinski definition) is 3. The summed E-state index contributed by atoms with van der Waals surface area (Å²) in [6.07, 6.45) is 1.62. The van der Waals surface area contributed by atoms with Crippen LogP contribution in [0.3, 0.4) is 0 Å². The van der Waals surface area contributed by atoms with Crippen LogP contribution in [0.2, 0.25) is 0 Å². The molecule has 14 heavy (non-hydrogen) atoms. The Bertz CT molecular complexity index is 277. The quantitative estimate of drug-likeness (QED) is 0.745. The van der Waals surface area contributed by atoms with Crippen molar-refractivity contribution in [3.8, 4) is 0 Å². The molecule has 0 aromatic rings. The van der Waals surface area contributed by atoms with E-state index in [1.165, 1.54) is 0 Å². The van der Waals surface area contributed by atoms with Gasteiger partial charge in [0.2, 0.25) is 10.0 Å². The molecule has 1 heterocycles. The van der Waals surface area contributed by atoms with Gasteiger partial charge in [-0.2, -0.15) is 4.31 Å². The third-order valence-corrected chi connectivity index (χ3v) is 4.87. The van der Waals surface area contributed by atoms with E-state index in [1.54, 1.807) is 4.31 Å². The summed E-state index contributed by atoms with van der Waals surface area (Å²) in [7, 11) is -2.99. The first-order valence-electron chi connectivity index (χ1n) is 5.20. The fraction of sp³-hybridized carbons (Fsp3) is 1.00. The molecule has 4 nitrogen and oxygen atoms in total. The lowest BCUT2D eigenvalue weighted by Gasteiger charge is -2.24. The van der Waals surface area contributed by atoms with Crippen molar-refractivity contribution in [3.63, 3.8) is 0 Å². The van der Waals surface area contributed by atoms with Gasteiger partial charge in [0.15, 0.2) is 0 Å². The average molecular weight is 220 g/mol. The Labute approximate surface area is 86.5 Å². The van der Waals surface area contributed by atoms with E-state index in [4.69, 9.17) is 5.73 Å². The summed E-state index contributed by atoms with van der Waals surface area (Å²) >= 11 is 0. The molecule has 0 radical (unpaired) electrons. The van der Waals surface area contributed by atoms with Crippen LogP contribution in [-0.2, 0) is 10.0 Å². The third kappa shape index (κ3) is 2.46. The summed E-state index contributed by atoms with van der Waals surface area (Å²) in [4.78, 5) is 0. The molecule has 0 saturated carbocycles. The molecule has 1 rings (SSSR count). The minimum Gasteiger partial charge on any atom is -0.330 e. The first-order valence-corrected chi connectivity index (χ1v) is 6.81. The monoisotopic (exact) mass is 220 g/mol. The van der Waals surface area contributed by atoms with Crippen molar-refractivity contribution in [1.82, 2.24) is 4.31 Å². The van der Waals surface area contributed by atoms with Gasteiger partial charge in [-0.1, -0.05) is 13.8 Å². The molecule has 2 atom stereocenters. The van der Waals surface area contributed by atoms with Gasteiger partial charge in [0, 0.05) is 12.6 Å². The van der Waals surface area contributed by atoms with Crippen molar-refractivity contribution in [2.45, 2.75) is 32.7 Å². The number of sulfonamides is 1. The van der Waals surface area contributed by atoms with Crippen molar-refractivity contribution in [2.24, 2.45) is 11.7 Å². The summed E-state index contributed by atoms with van der Waals surface area (Å²) in [5, 5.41) is 0. The molecule has 1 aliphatic heterocycles. The van der Waals surface area contributed by atoms with E-state index in [0.29, 0.717) is 18.8 Å². The van der Waals surface area contributed by atoms with E-state index in [-0.39, 0.29) is 12.0 Å². The molecule has 0 spiro atoms. The highest BCUT2D eigenvalue weighted by Crippen LogP contribution is 2.24. The van der Waals surface area contributed by atoms with Gasteiger partial charge in [-0.3, -0.25) is 0 Å². The molecule has 0 aromatic heterocycles. The van der Waals surface area contributed by atoms with Crippen LogP contribution >= 0.6 is 0 Å². The Morgan fingerprint density at radius 3 is 2.57 bits per heavy atom. The Hall–Kier alpha value is -0.130. The van der Waals surface area contributed by atoms with Gasteiger partial charge in [-0.25, -0.2) is 8.42 Å². The van der Waals surface area contributed by atoms with Crippen LogP contribution in [0.1, 0.15) is 26.7 Å². The molecule has 2 unspecified atom stereocenters. The van der Waals surface area contributed by atoms with Gasteiger partial charge in [0.1, 0.15) is 0 Å². The molecule has 0 aliphatic carbocycles. The lowest BCUT2D eigenvalue weighted by atomic mass is 10.1. The predicted octanol–water partition coefficient (Wildman–Crippen LogP) is 0.395. The molecule has 84 valence electrons. The molecule has 5 heteroatoms. The summed E-state index contributed by atoms with van der Waals surface area (Å²) in [6, 6.07) is 0.106. The molecule has 0 bridgehead atoms. The molecule has 1 saturated heterocycles. The summed E-state index contributed by atoms with van der Waals surface area (Å²) in [5.74, 6) is 0.556. The Kier molecular flexibility index (Phi) is 3.92. The van der Waals surface area contributed by atoms with Gasteiger partial charge in [-0.05, 0) is 25.3 Å². The minimum atomic E-state index is -2.99. The molecule has 1 aliphatic rings. The molecule has 2 N–H and O–H groups in total. The summed E-state index contributed by atoms with van der Waals surface area (Å²) in [6.45, 7) is 5.21. The van der Waals surface area contributed by atoms with Crippen molar-refractivity contribution < 1.29 is 8.42 Å². The van der Waals surface area contributed by atoms with Crippen molar-refractivity contribution in [2.75, 3.05) is 18.8 Å². The second kappa shape index (κ2) is 4.59. The maximum Gasteiger partial charge on any atom is 0.214 e. The van der Waals surface area contributed by atoms with E-state index < -0.39 is 10.0 Å². The highest BCUT2D eigenvalue weighted by molar-refractivity contribution is 7.89. The first-order chi connectivity index (χ1) is 6.51. The zero-order chi connectivity index (χ0) is 10.8. The number of hydrogen-bond donors (Lipinski definition) is 1. The van der Waals surface area contributed by atoms with Gasteiger partial charge in [0.25, 0.3) is 0 Å². The maximum absolute atomic E-state index is 11.7. The first kappa shape index (κ1) is 11.9. The molecule has 1 fully saturated rings. The number of nitrogens with zero attached hydrogens (tertiary/aromatic N) is 1. The lowest BCUT2D eigenvalue weighted by Crippen LogP contribution is -2.37. The second-order valence-corrected chi connectivity index (χ2v) is 6.06. The van der Waals surface area contributed by atoms with E-state index in [1.807, 2.05) is 13.8 Å². The van der Waals surface area contributed by atoms with Crippen LogP contribution in [0.5, 0.6) is 0 Å². The normalized spacial score (nSPS) is 29.2. The van der Waals surface area contributed by atoms with Crippen LogP contribution in [0, 0.1) is 5.92 Å². The number of nitrogens with two attached hydrogens (primary N) is 1. The van der Waals surface area contributed by atoms with Crippen LogP contribution in [0.25, 0.3) is 0 Å². The standard InChI is InChI=1S/C9H20N2O2S/c1-3-9(4-5-10)11-6-8(2)7-14(11,12)13/h8-9H,3-7,10H2,1-2H3. The fourth-order valence-corrected chi connectivity index (χ4v) is 4.26. The zero-order valence-corrected chi connectivity index (χ0v) is 9.76. The lowest BCUT2D eigenvalue weighted by molar-refractivity contribution is 0.301. The molecule has 0 aromatic carbocycles. The van der Waals surface area contributed by atoms with Crippen molar-refractivity contribution in [1.29, 1.82) is 0 Å². The van der Waals surface area contributed by atoms with Crippen molar-refractivity contribution in [3.05, 3.63) is 0 Å². The largest absolute Gasteiger partial charge is 0.330 e. The summed E-state index contributed by atoms with van der Waals surface area (Å²) in [5.41, 5.74) is 5.47. The van der Waals surface area contributed by atoms with Gasteiger partial charge in [0.05, 0.1) is 5.75 Å². The molecular weight excluding hydrogens is 200 g/mol. The smallest absolute Gasteiger partial charge is 0.214 e. The van der Waals surface area contributed by atoms with E-state index >= 15 is 0 Å². The Morgan fingerprint density at radius 1 is 1.57 bits per heavy atom. The SMILES string of the molecule is CCC(CCN)N1CC(C)CS1(=O)=O. The second-order valence-electron chi connectivity index (χ2n) is 4.09. The van der Waals surface area contributed by atoms with Crippen LogP contribution in [-0.4, -0.2) is 37.6 Å². The van der Waals surface area contributed by atoms with Gasteiger partial charge < -0.3 is 5.73 Å². The fourth-order valence-electron chi connectivity index (χ4n) is 2.05. The van der Waals surface area contributed by atoms with E-state index in [0.717, 1.165) is 12.8 Å². The molecular formula is C9H20N2O2S. The maximum atomic E-state index is 11.7. The Balaban J connectivity index is 2.75. The minimum absolute atomic E-state index is 0.106. The van der Waals surface area contributed by atoms with E-state index in [2.05, 4.69) is 0 Å². The Morgan fingerprint density at radius 2 is 2.21 bits per heavy atom. The van der Waals surface area contributed by atoms with Crippen molar-refractivity contribution >= 4 is 10.0 Å². The zero-order valence-electron chi connectivity index (χ0n) is 8.94. The summed E-state index contributed by atoms with van der Waals surface area (Å²) < 4.78 is 25.1. The van der Waals surface area contributed by atoms with Gasteiger partial charge >= 0.3 is 0 Å². The highest BCUT2D eigenvalue weighted by atomic mass is 32.2. The van der Waals surface area contributed by atoms with Crippen LogP contribution < -0.4 is 5.73 Å². The van der Waals surface area contributed by atoms with Gasteiger partial charge in [-0.15, -0.1) is 0 Å².